The van der Waals surface area contributed by atoms with Crippen molar-refractivity contribution >= 4 is 21.6 Å². The van der Waals surface area contributed by atoms with E-state index < -0.39 is 21.7 Å². The molecule has 0 bridgehead atoms. The first kappa shape index (κ1) is 22.9. The fourth-order valence-corrected chi connectivity index (χ4v) is 5.06. The van der Waals surface area contributed by atoms with E-state index in [2.05, 4.69) is 5.32 Å². The van der Waals surface area contributed by atoms with Crippen LogP contribution in [-0.4, -0.2) is 39.3 Å². The number of amides is 1. The van der Waals surface area contributed by atoms with Crippen LogP contribution < -0.4 is 19.1 Å². The summed E-state index contributed by atoms with van der Waals surface area (Å²) in [6.45, 7) is 7.42. The normalized spacial score (nSPS) is 18.3. The average Bonchev–Trinajstić information content (AvgIpc) is 2.67. The number of hydrogen-bond donors (Lipinski definition) is 1. The van der Waals surface area contributed by atoms with Crippen LogP contribution in [-0.2, 0) is 14.8 Å². The van der Waals surface area contributed by atoms with Crippen molar-refractivity contribution in [1.82, 2.24) is 5.32 Å². The van der Waals surface area contributed by atoms with Gasteiger partial charge in [-0.05, 0) is 52.0 Å². The summed E-state index contributed by atoms with van der Waals surface area (Å²) in [5, 5.41) is 3.04. The molecule has 168 valence electrons. The summed E-state index contributed by atoms with van der Waals surface area (Å²) in [5.41, 5.74) is 1.79. The Bertz CT molecular complexity index is 1060. The van der Waals surface area contributed by atoms with Gasteiger partial charge in [0.05, 0.1) is 25.1 Å². The zero-order valence-corrected chi connectivity index (χ0v) is 19.6. The number of ether oxygens (including phenoxy) is 2. The highest BCUT2D eigenvalue weighted by atomic mass is 32.2. The number of carbonyl (C=O) groups excluding carboxylic acids is 1. The van der Waals surface area contributed by atoms with Gasteiger partial charge >= 0.3 is 0 Å². The molecule has 0 radical (unpaired) electrons. The Kier molecular flexibility index (Phi) is 6.23. The molecule has 31 heavy (non-hydrogen) atoms. The van der Waals surface area contributed by atoms with Crippen LogP contribution in [0.15, 0.2) is 42.5 Å². The summed E-state index contributed by atoms with van der Waals surface area (Å²) in [6, 6.07) is 11.3. The quantitative estimate of drug-likeness (QED) is 0.733. The highest BCUT2D eigenvalue weighted by Gasteiger charge is 2.37. The molecule has 7 nitrogen and oxygen atoms in total. The maximum absolute atomic E-state index is 13.2. The molecular weight excluding hydrogens is 416 g/mol. The van der Waals surface area contributed by atoms with Gasteiger partial charge < -0.3 is 14.8 Å². The summed E-state index contributed by atoms with van der Waals surface area (Å²) in [4.78, 5) is 13.2. The fourth-order valence-electron chi connectivity index (χ4n) is 3.88. The van der Waals surface area contributed by atoms with Gasteiger partial charge in [-0.1, -0.05) is 17.7 Å². The second-order valence-corrected chi connectivity index (χ2v) is 10.5. The van der Waals surface area contributed by atoms with Crippen molar-refractivity contribution in [3.8, 4) is 11.5 Å². The Balaban J connectivity index is 1.89. The Hall–Kier alpha value is -2.74. The number of hydrogen-bond acceptors (Lipinski definition) is 5. The van der Waals surface area contributed by atoms with Gasteiger partial charge in [-0.15, -0.1) is 0 Å². The third-order valence-corrected chi connectivity index (χ3v) is 6.61. The van der Waals surface area contributed by atoms with E-state index in [4.69, 9.17) is 9.47 Å². The number of fused-ring (bicyclic) bond motifs is 1. The second kappa shape index (κ2) is 8.42. The minimum atomic E-state index is -3.68. The summed E-state index contributed by atoms with van der Waals surface area (Å²) >= 11 is 0. The zero-order chi connectivity index (χ0) is 23.0. The SMILES string of the molecule is COc1ccc2c(c1)OC(C)(C)C[C@H]2NC(=O)[C@H](C)N(c1ccc(C)cc1)S(C)(=O)=O. The first-order valence-corrected chi connectivity index (χ1v) is 12.0. The molecule has 1 amide bonds. The fraction of sp³-hybridized carbons (Fsp3) is 0.435. The number of nitrogens with zero attached hydrogens (tertiary/aromatic N) is 1. The van der Waals surface area contributed by atoms with Crippen molar-refractivity contribution < 1.29 is 22.7 Å². The van der Waals surface area contributed by atoms with Crippen molar-refractivity contribution in [2.45, 2.75) is 51.8 Å². The highest BCUT2D eigenvalue weighted by Crippen LogP contribution is 2.41. The van der Waals surface area contributed by atoms with E-state index in [9.17, 15) is 13.2 Å². The molecular formula is C23H30N2O5S. The Morgan fingerprint density at radius 2 is 1.87 bits per heavy atom. The third-order valence-electron chi connectivity index (χ3n) is 5.37. The largest absolute Gasteiger partial charge is 0.497 e. The number of nitrogens with one attached hydrogen (secondary N) is 1. The highest BCUT2D eigenvalue weighted by molar-refractivity contribution is 7.92. The van der Waals surface area contributed by atoms with Gasteiger partial charge in [-0.2, -0.15) is 0 Å². The van der Waals surface area contributed by atoms with E-state index in [0.717, 1.165) is 21.7 Å². The van der Waals surface area contributed by atoms with Crippen molar-refractivity contribution in [2.24, 2.45) is 0 Å². The van der Waals surface area contributed by atoms with Gasteiger partial charge in [-0.3, -0.25) is 9.10 Å². The minimum Gasteiger partial charge on any atom is -0.497 e. The monoisotopic (exact) mass is 446 g/mol. The van der Waals surface area contributed by atoms with Crippen LogP contribution in [0.5, 0.6) is 11.5 Å². The smallest absolute Gasteiger partial charge is 0.244 e. The van der Waals surface area contributed by atoms with E-state index >= 15 is 0 Å². The van der Waals surface area contributed by atoms with Gasteiger partial charge in [0.1, 0.15) is 23.1 Å². The van der Waals surface area contributed by atoms with Gasteiger partial charge in [-0.25, -0.2) is 8.42 Å². The first-order valence-electron chi connectivity index (χ1n) is 10.1. The number of aryl methyl sites for hydroxylation is 1. The average molecular weight is 447 g/mol. The molecule has 1 aliphatic heterocycles. The van der Waals surface area contributed by atoms with Gasteiger partial charge in [0.2, 0.25) is 15.9 Å². The number of benzene rings is 2. The summed E-state index contributed by atoms with van der Waals surface area (Å²) in [7, 11) is -2.09. The molecule has 0 fully saturated rings. The van der Waals surface area contributed by atoms with Crippen LogP contribution in [0.25, 0.3) is 0 Å². The van der Waals surface area contributed by atoms with Crippen molar-refractivity contribution in [2.75, 3.05) is 17.7 Å². The number of methoxy groups -OCH3 is 1. The van der Waals surface area contributed by atoms with Crippen LogP contribution in [0.2, 0.25) is 0 Å². The number of rotatable bonds is 6. The molecule has 0 aromatic heterocycles. The predicted octanol–water partition coefficient (Wildman–Crippen LogP) is 3.58. The standard InChI is InChI=1S/C23H30N2O5S/c1-15-7-9-17(10-8-15)25(31(6,27)28)16(2)22(26)24-20-14-23(3,4)30-21-13-18(29-5)11-12-19(20)21/h7-13,16,20H,14H2,1-6H3,(H,24,26)/t16-,20+/m0/s1. The lowest BCUT2D eigenvalue weighted by molar-refractivity contribution is -0.123. The molecule has 2 aromatic carbocycles. The number of anilines is 1. The van der Waals surface area contributed by atoms with Crippen LogP contribution in [0.4, 0.5) is 5.69 Å². The number of carbonyl (C=O) groups is 1. The molecule has 0 spiro atoms. The Labute approximate surface area is 184 Å². The molecule has 2 aromatic rings. The van der Waals surface area contributed by atoms with Crippen molar-refractivity contribution in [1.29, 1.82) is 0 Å². The van der Waals surface area contributed by atoms with E-state index in [0.29, 0.717) is 23.6 Å². The first-order chi connectivity index (χ1) is 14.4. The van der Waals surface area contributed by atoms with Gasteiger partial charge in [0, 0.05) is 18.1 Å². The van der Waals surface area contributed by atoms with Gasteiger partial charge in [0.25, 0.3) is 0 Å². The molecule has 0 saturated carbocycles. The van der Waals surface area contributed by atoms with E-state index in [-0.39, 0.29) is 11.9 Å². The van der Waals surface area contributed by atoms with E-state index in [1.807, 2.05) is 45.0 Å². The maximum atomic E-state index is 13.2. The predicted molar refractivity (Wildman–Crippen MR) is 121 cm³/mol. The van der Waals surface area contributed by atoms with Crippen molar-refractivity contribution in [3.05, 3.63) is 53.6 Å². The Morgan fingerprint density at radius 1 is 1.23 bits per heavy atom. The molecule has 1 aliphatic rings. The van der Waals surface area contributed by atoms with Crippen LogP contribution in [0, 0.1) is 6.92 Å². The van der Waals surface area contributed by atoms with Crippen LogP contribution in [0.3, 0.4) is 0 Å². The molecule has 8 heteroatoms. The van der Waals surface area contributed by atoms with E-state index in [1.165, 1.54) is 0 Å². The minimum absolute atomic E-state index is 0.320. The van der Waals surface area contributed by atoms with Crippen molar-refractivity contribution in [3.63, 3.8) is 0 Å². The maximum Gasteiger partial charge on any atom is 0.244 e. The zero-order valence-electron chi connectivity index (χ0n) is 18.8. The lowest BCUT2D eigenvalue weighted by Crippen LogP contribution is -2.50. The third kappa shape index (κ3) is 5.12. The van der Waals surface area contributed by atoms with E-state index in [1.54, 1.807) is 32.2 Å². The molecule has 2 atom stereocenters. The molecule has 1 heterocycles. The summed E-state index contributed by atoms with van der Waals surface area (Å²) in [6.07, 6.45) is 1.66. The molecule has 3 rings (SSSR count). The molecule has 1 N–H and O–H groups in total. The summed E-state index contributed by atoms with van der Waals surface area (Å²) in [5.74, 6) is 0.931. The molecule has 0 aliphatic carbocycles. The lowest BCUT2D eigenvalue weighted by atomic mass is 9.89. The number of sulfonamides is 1. The second-order valence-electron chi connectivity index (χ2n) is 8.60. The van der Waals surface area contributed by atoms with Gasteiger partial charge in [0.15, 0.2) is 0 Å². The lowest BCUT2D eigenvalue weighted by Gasteiger charge is -2.39. The molecule has 0 saturated heterocycles. The van der Waals surface area contributed by atoms with Crippen LogP contribution >= 0.6 is 0 Å². The summed E-state index contributed by atoms with van der Waals surface area (Å²) < 4.78 is 37.6. The topological polar surface area (TPSA) is 84.9 Å². The molecule has 0 unspecified atom stereocenters. The Morgan fingerprint density at radius 3 is 2.45 bits per heavy atom. The van der Waals surface area contributed by atoms with Crippen LogP contribution in [0.1, 0.15) is 44.4 Å².